The minimum atomic E-state index is -0.111. The number of aromatic nitrogens is 2. The molecule has 130 valence electrons. The third-order valence-corrected chi connectivity index (χ3v) is 4.78. The number of hydrogen-bond donors (Lipinski definition) is 1. The van der Waals surface area contributed by atoms with Gasteiger partial charge in [-0.2, -0.15) is 0 Å². The van der Waals surface area contributed by atoms with Gasteiger partial charge >= 0.3 is 0 Å². The van der Waals surface area contributed by atoms with E-state index in [1.807, 2.05) is 6.92 Å². The van der Waals surface area contributed by atoms with Gasteiger partial charge in [-0.05, 0) is 19.8 Å². The number of carbonyl (C=O) groups is 2. The topological polar surface area (TPSA) is 78.4 Å². The molecule has 24 heavy (non-hydrogen) atoms. The first-order valence-corrected chi connectivity index (χ1v) is 8.76. The Kier molecular flexibility index (Phi) is 5.27. The average Bonchev–Trinajstić information content (AvgIpc) is 2.62. The Morgan fingerprint density at radius 3 is 2.54 bits per heavy atom. The fourth-order valence-corrected chi connectivity index (χ4v) is 3.39. The molecule has 0 radical (unpaired) electrons. The molecule has 3 rings (SSSR count). The highest BCUT2D eigenvalue weighted by atomic mass is 16.2. The van der Waals surface area contributed by atoms with E-state index in [9.17, 15) is 9.59 Å². The van der Waals surface area contributed by atoms with Gasteiger partial charge in [-0.3, -0.25) is 9.59 Å². The summed E-state index contributed by atoms with van der Waals surface area (Å²) in [5.41, 5.74) is 0.431. The molecule has 1 saturated carbocycles. The van der Waals surface area contributed by atoms with Crippen molar-refractivity contribution in [1.82, 2.24) is 20.2 Å². The van der Waals surface area contributed by atoms with Crippen molar-refractivity contribution in [3.63, 3.8) is 0 Å². The maximum atomic E-state index is 12.5. The summed E-state index contributed by atoms with van der Waals surface area (Å²) < 4.78 is 0. The minimum Gasteiger partial charge on any atom is -0.353 e. The highest BCUT2D eigenvalue weighted by molar-refractivity contribution is 5.93. The number of nitrogens with one attached hydrogen (secondary N) is 1. The van der Waals surface area contributed by atoms with Crippen LogP contribution in [0, 0.1) is 6.92 Å². The predicted octanol–water partition coefficient (Wildman–Crippen LogP) is 1.13. The van der Waals surface area contributed by atoms with Crippen LogP contribution in [0.5, 0.6) is 0 Å². The normalized spacial score (nSPS) is 19.2. The first-order valence-electron chi connectivity index (χ1n) is 8.76. The zero-order valence-electron chi connectivity index (χ0n) is 14.2. The Labute approximate surface area is 142 Å². The number of piperazine rings is 1. The number of carbonyl (C=O) groups excluding carboxylic acids is 2. The number of aryl methyl sites for hydroxylation is 1. The monoisotopic (exact) mass is 331 g/mol. The number of amides is 2. The number of nitrogens with zero attached hydrogens (tertiary/aromatic N) is 4. The van der Waals surface area contributed by atoms with Crippen LogP contribution in [-0.4, -0.2) is 59.4 Å². The van der Waals surface area contributed by atoms with Crippen LogP contribution in [0.25, 0.3) is 0 Å². The summed E-state index contributed by atoms with van der Waals surface area (Å²) in [5, 5.41) is 3.11. The summed E-state index contributed by atoms with van der Waals surface area (Å²) in [6.45, 7) is 4.60. The molecular weight excluding hydrogens is 306 g/mol. The third-order valence-electron chi connectivity index (χ3n) is 4.78. The van der Waals surface area contributed by atoms with Crippen LogP contribution in [-0.2, 0) is 4.79 Å². The number of hydrogen-bond acceptors (Lipinski definition) is 5. The Balaban J connectivity index is 1.69. The van der Waals surface area contributed by atoms with Gasteiger partial charge < -0.3 is 15.1 Å². The van der Waals surface area contributed by atoms with Crippen LogP contribution >= 0.6 is 0 Å². The summed E-state index contributed by atoms with van der Waals surface area (Å²) in [7, 11) is 0. The number of anilines is 1. The molecule has 1 aliphatic carbocycles. The Bertz CT molecular complexity index is 593. The second-order valence-corrected chi connectivity index (χ2v) is 6.60. The molecule has 7 nitrogen and oxygen atoms in total. The quantitative estimate of drug-likeness (QED) is 0.837. The van der Waals surface area contributed by atoms with Gasteiger partial charge in [-0.1, -0.05) is 19.3 Å². The molecular formula is C17H25N5O2. The highest BCUT2D eigenvalue weighted by Gasteiger charge is 2.21. The maximum absolute atomic E-state index is 12.5. The van der Waals surface area contributed by atoms with Gasteiger partial charge in [0.2, 0.25) is 6.41 Å². The van der Waals surface area contributed by atoms with E-state index in [1.54, 1.807) is 11.0 Å². The number of rotatable bonds is 4. The largest absolute Gasteiger partial charge is 0.353 e. The SMILES string of the molecule is Cc1nc(C(=O)NC2CCCCC2)cc(N2CCN(C=O)CC2)n1. The zero-order chi connectivity index (χ0) is 16.9. The van der Waals surface area contributed by atoms with Crippen molar-refractivity contribution in [3.8, 4) is 0 Å². The highest BCUT2D eigenvalue weighted by Crippen LogP contribution is 2.19. The summed E-state index contributed by atoms with van der Waals surface area (Å²) in [6, 6.07) is 2.03. The molecule has 2 amide bonds. The molecule has 2 aliphatic rings. The smallest absolute Gasteiger partial charge is 0.270 e. The molecule has 0 spiro atoms. The summed E-state index contributed by atoms with van der Waals surface area (Å²) in [4.78, 5) is 36.0. The summed E-state index contributed by atoms with van der Waals surface area (Å²) in [5.74, 6) is 1.25. The van der Waals surface area contributed by atoms with Gasteiger partial charge in [0, 0.05) is 38.3 Å². The standard InChI is InChI=1S/C17H25N5O2/c1-13-18-15(17(24)20-14-5-3-2-4-6-14)11-16(19-13)22-9-7-21(12-23)8-10-22/h11-12,14H,2-10H2,1H3,(H,20,24). The van der Waals surface area contributed by atoms with Gasteiger partial charge in [-0.15, -0.1) is 0 Å². The van der Waals surface area contributed by atoms with Crippen LogP contribution in [0.1, 0.15) is 48.4 Å². The molecule has 1 aliphatic heterocycles. The molecule has 1 aromatic heterocycles. The molecule has 0 atom stereocenters. The lowest BCUT2D eigenvalue weighted by molar-refractivity contribution is -0.118. The molecule has 7 heteroatoms. The van der Waals surface area contributed by atoms with Crippen molar-refractivity contribution in [2.45, 2.75) is 45.1 Å². The van der Waals surface area contributed by atoms with Gasteiger partial charge in [0.05, 0.1) is 0 Å². The van der Waals surface area contributed by atoms with Crippen molar-refractivity contribution < 1.29 is 9.59 Å². The van der Waals surface area contributed by atoms with Crippen LogP contribution in [0.3, 0.4) is 0 Å². The molecule has 1 N–H and O–H groups in total. The van der Waals surface area contributed by atoms with Gasteiger partial charge in [-0.25, -0.2) is 9.97 Å². The Hall–Kier alpha value is -2.18. The fourth-order valence-electron chi connectivity index (χ4n) is 3.39. The van der Waals surface area contributed by atoms with Crippen LogP contribution in [0.15, 0.2) is 6.07 Å². The van der Waals surface area contributed by atoms with Crippen LogP contribution in [0.4, 0.5) is 5.82 Å². The lowest BCUT2D eigenvalue weighted by Crippen LogP contribution is -2.46. The van der Waals surface area contributed by atoms with Gasteiger partial charge in [0.1, 0.15) is 17.3 Å². The molecule has 0 aromatic carbocycles. The Morgan fingerprint density at radius 2 is 1.88 bits per heavy atom. The summed E-state index contributed by atoms with van der Waals surface area (Å²) in [6.07, 6.45) is 6.61. The second kappa shape index (κ2) is 7.59. The van der Waals surface area contributed by atoms with Crippen LogP contribution < -0.4 is 10.2 Å². The van der Waals surface area contributed by atoms with E-state index in [0.29, 0.717) is 24.6 Å². The Morgan fingerprint density at radius 1 is 1.17 bits per heavy atom. The minimum absolute atomic E-state index is 0.111. The average molecular weight is 331 g/mol. The first-order chi connectivity index (χ1) is 11.7. The second-order valence-electron chi connectivity index (χ2n) is 6.60. The summed E-state index contributed by atoms with van der Waals surface area (Å²) >= 11 is 0. The first kappa shape index (κ1) is 16.7. The molecule has 0 bridgehead atoms. The van der Waals surface area contributed by atoms with Crippen LogP contribution in [0.2, 0.25) is 0 Å². The molecule has 1 aromatic rings. The van der Waals surface area contributed by atoms with Crippen molar-refractivity contribution >= 4 is 18.1 Å². The van der Waals surface area contributed by atoms with Gasteiger partial charge in [0.15, 0.2) is 0 Å². The van der Waals surface area contributed by atoms with Crippen molar-refractivity contribution in [3.05, 3.63) is 17.6 Å². The van der Waals surface area contributed by atoms with Crippen molar-refractivity contribution in [2.24, 2.45) is 0 Å². The fraction of sp³-hybridized carbons (Fsp3) is 0.647. The van der Waals surface area contributed by atoms with E-state index >= 15 is 0 Å². The van der Waals surface area contributed by atoms with E-state index < -0.39 is 0 Å². The third kappa shape index (κ3) is 4.01. The predicted molar refractivity (Wildman–Crippen MR) is 91.0 cm³/mol. The molecule has 0 unspecified atom stereocenters. The lowest BCUT2D eigenvalue weighted by Gasteiger charge is -2.33. The van der Waals surface area contributed by atoms with E-state index in [2.05, 4.69) is 20.2 Å². The maximum Gasteiger partial charge on any atom is 0.270 e. The van der Waals surface area contributed by atoms with E-state index in [4.69, 9.17) is 0 Å². The van der Waals surface area contributed by atoms with Crippen molar-refractivity contribution in [1.29, 1.82) is 0 Å². The van der Waals surface area contributed by atoms with E-state index in [-0.39, 0.29) is 11.9 Å². The van der Waals surface area contributed by atoms with Gasteiger partial charge in [0.25, 0.3) is 5.91 Å². The zero-order valence-corrected chi connectivity index (χ0v) is 14.2. The molecule has 1 saturated heterocycles. The lowest BCUT2D eigenvalue weighted by atomic mass is 9.95. The van der Waals surface area contributed by atoms with Crippen molar-refractivity contribution in [2.75, 3.05) is 31.1 Å². The van der Waals surface area contributed by atoms with E-state index in [1.165, 1.54) is 19.3 Å². The molecule has 2 heterocycles. The van der Waals surface area contributed by atoms with E-state index in [0.717, 1.165) is 38.2 Å². The molecule has 2 fully saturated rings.